The fourth-order valence-corrected chi connectivity index (χ4v) is 2.58. The first-order valence-corrected chi connectivity index (χ1v) is 8.80. The van der Waals surface area contributed by atoms with E-state index < -0.39 is 7.60 Å². The van der Waals surface area contributed by atoms with Crippen LogP contribution in [-0.2, 0) is 4.57 Å². The molecule has 0 aliphatic heterocycles. The van der Waals surface area contributed by atoms with E-state index in [1.165, 1.54) is 51.4 Å². The monoisotopic (exact) mass is 286 g/mol. The molecule has 0 aromatic heterocycles. The summed E-state index contributed by atoms with van der Waals surface area (Å²) in [5.74, 6) is 0. The zero-order chi connectivity index (χ0) is 13.0. The van der Waals surface area contributed by atoms with Crippen molar-refractivity contribution in [2.75, 3.05) is 6.16 Å². The summed E-state index contributed by atoms with van der Waals surface area (Å²) in [6.07, 6.45) is 12.7. The quantitative estimate of drug-likeness (QED) is 0.315. The van der Waals surface area contributed by atoms with E-state index in [2.05, 4.69) is 6.92 Å². The molecule has 0 spiro atoms. The minimum absolute atomic E-state index is 0. The van der Waals surface area contributed by atoms with Gasteiger partial charge in [0.25, 0.3) is 0 Å². The molecule has 0 fully saturated rings. The maximum absolute atomic E-state index is 10.4. The van der Waals surface area contributed by atoms with Crippen molar-refractivity contribution < 1.29 is 14.4 Å². The Bertz CT molecular complexity index is 206. The van der Waals surface area contributed by atoms with E-state index in [0.29, 0.717) is 6.42 Å². The third-order valence-corrected chi connectivity index (χ3v) is 3.90. The van der Waals surface area contributed by atoms with Gasteiger partial charge in [0, 0.05) is 0 Å². The second-order valence-corrected chi connectivity index (χ2v) is 6.54. The molecule has 18 heavy (non-hydrogen) atoms. The van der Waals surface area contributed by atoms with Crippen molar-refractivity contribution in [3.63, 3.8) is 0 Å². The Hall–Kier alpha value is 0.916. The molecule has 104 valence electrons. The minimum atomic E-state index is -4.24. The Labute approximate surface area is 128 Å². The molecule has 0 aliphatic carbocycles. The molecule has 0 rings (SSSR count). The van der Waals surface area contributed by atoms with Crippen LogP contribution in [-0.4, -0.2) is 29.2 Å². The third-order valence-electron chi connectivity index (χ3n) is 3.04. The normalized spacial score (nSPS) is 11.3. The summed E-state index contributed by atoms with van der Waals surface area (Å²) in [4.78, 5) is 20.7. The molecular weight excluding hydrogens is 259 g/mol. The van der Waals surface area contributed by atoms with E-state index in [1.54, 1.807) is 0 Å². The van der Waals surface area contributed by atoms with Crippen molar-refractivity contribution in [1.82, 2.24) is 0 Å². The van der Waals surface area contributed by atoms with Crippen LogP contribution in [0.3, 0.4) is 0 Å². The van der Waals surface area contributed by atoms with Crippen molar-refractivity contribution in [2.45, 2.75) is 77.6 Å². The molecule has 0 saturated heterocycles. The van der Waals surface area contributed by atoms with Crippen molar-refractivity contribution in [2.24, 2.45) is 0 Å². The standard InChI is InChI=1S/C13H29O3P.Mg/c1-2-3-4-5-6-7-8-9-10-11-12-13-17(14,15)16;/h2-13H2,1H3,(H2,14,15,16);/q;+2/p-2. The summed E-state index contributed by atoms with van der Waals surface area (Å²) in [6, 6.07) is 0. The van der Waals surface area contributed by atoms with Crippen LogP contribution < -0.4 is 9.79 Å². The molecule has 0 bridgehead atoms. The smallest absolute Gasteiger partial charge is 0.811 e. The van der Waals surface area contributed by atoms with Gasteiger partial charge in [0.15, 0.2) is 0 Å². The van der Waals surface area contributed by atoms with Crippen LogP contribution in [0.1, 0.15) is 77.6 Å². The van der Waals surface area contributed by atoms with Gasteiger partial charge in [0.1, 0.15) is 0 Å². The van der Waals surface area contributed by atoms with Crippen molar-refractivity contribution in [1.29, 1.82) is 0 Å². The maximum Gasteiger partial charge on any atom is 2.00 e. The van der Waals surface area contributed by atoms with Crippen molar-refractivity contribution >= 4 is 30.6 Å². The fourth-order valence-electron chi connectivity index (χ4n) is 1.97. The first-order chi connectivity index (χ1) is 8.06. The van der Waals surface area contributed by atoms with Crippen LogP contribution in [0.25, 0.3) is 0 Å². The number of rotatable bonds is 12. The average Bonchev–Trinajstić information content (AvgIpc) is 2.24. The predicted octanol–water partition coefficient (Wildman–Crippen LogP) is 2.83. The van der Waals surface area contributed by atoms with Crippen LogP contribution in [0.5, 0.6) is 0 Å². The molecular formula is C13H27MgO3P. The van der Waals surface area contributed by atoms with E-state index in [9.17, 15) is 14.4 Å². The Kier molecular flexibility index (Phi) is 16.9. The van der Waals surface area contributed by atoms with E-state index >= 15 is 0 Å². The van der Waals surface area contributed by atoms with Gasteiger partial charge in [-0.2, -0.15) is 0 Å². The van der Waals surface area contributed by atoms with Crippen LogP contribution in [0.15, 0.2) is 0 Å². The van der Waals surface area contributed by atoms with E-state index in [4.69, 9.17) is 0 Å². The first-order valence-electron chi connectivity index (χ1n) is 7.07. The molecule has 0 saturated carbocycles. The predicted molar refractivity (Wildman–Crippen MR) is 74.7 cm³/mol. The van der Waals surface area contributed by atoms with Crippen LogP contribution in [0.4, 0.5) is 0 Å². The van der Waals surface area contributed by atoms with Gasteiger partial charge >= 0.3 is 23.1 Å². The second-order valence-electron chi connectivity index (χ2n) is 4.87. The van der Waals surface area contributed by atoms with E-state index in [1.807, 2.05) is 0 Å². The zero-order valence-electron chi connectivity index (χ0n) is 11.9. The van der Waals surface area contributed by atoms with Gasteiger partial charge in [-0.3, -0.25) is 0 Å². The Morgan fingerprint density at radius 3 is 1.39 bits per heavy atom. The van der Waals surface area contributed by atoms with Gasteiger partial charge in [-0.1, -0.05) is 78.7 Å². The molecule has 0 radical (unpaired) electrons. The van der Waals surface area contributed by atoms with Crippen LogP contribution in [0.2, 0.25) is 0 Å². The number of hydrogen-bond acceptors (Lipinski definition) is 3. The topological polar surface area (TPSA) is 63.2 Å². The molecule has 0 N–H and O–H groups in total. The van der Waals surface area contributed by atoms with Gasteiger partial charge in [-0.05, 0) is 12.6 Å². The molecule has 3 nitrogen and oxygen atoms in total. The zero-order valence-corrected chi connectivity index (χ0v) is 14.2. The summed E-state index contributed by atoms with van der Waals surface area (Å²) in [6.45, 7) is 2.22. The SMILES string of the molecule is CCCCCCCCCCCCCP(=O)([O-])[O-].[Mg+2]. The van der Waals surface area contributed by atoms with Gasteiger partial charge in [0.05, 0.1) is 0 Å². The van der Waals surface area contributed by atoms with Crippen molar-refractivity contribution in [3.05, 3.63) is 0 Å². The van der Waals surface area contributed by atoms with Gasteiger partial charge < -0.3 is 14.4 Å². The van der Waals surface area contributed by atoms with Gasteiger partial charge in [0.2, 0.25) is 0 Å². The Morgan fingerprint density at radius 1 is 0.722 bits per heavy atom. The van der Waals surface area contributed by atoms with Crippen molar-refractivity contribution in [3.8, 4) is 0 Å². The number of hydrogen-bond donors (Lipinski definition) is 0. The van der Waals surface area contributed by atoms with Crippen LogP contribution in [0, 0.1) is 0 Å². The van der Waals surface area contributed by atoms with Gasteiger partial charge in [-0.15, -0.1) is 0 Å². The molecule has 0 atom stereocenters. The molecule has 0 amide bonds. The second kappa shape index (κ2) is 14.3. The Morgan fingerprint density at radius 2 is 1.06 bits per heavy atom. The molecule has 0 aliphatic rings. The average molecular weight is 287 g/mol. The summed E-state index contributed by atoms with van der Waals surface area (Å²) < 4.78 is 10.4. The molecule has 0 aromatic carbocycles. The molecule has 0 heterocycles. The van der Waals surface area contributed by atoms with Crippen LogP contribution >= 0.6 is 7.60 Å². The number of unbranched alkanes of at least 4 members (excludes halogenated alkanes) is 10. The summed E-state index contributed by atoms with van der Waals surface area (Å²) in [5.41, 5.74) is 0. The summed E-state index contributed by atoms with van der Waals surface area (Å²) >= 11 is 0. The Balaban J connectivity index is 0. The first kappa shape index (κ1) is 21.2. The largest absolute Gasteiger partial charge is 2.00 e. The van der Waals surface area contributed by atoms with E-state index in [0.717, 1.165) is 12.8 Å². The van der Waals surface area contributed by atoms with E-state index in [-0.39, 0.29) is 29.2 Å². The minimum Gasteiger partial charge on any atom is -0.811 e. The molecule has 5 heteroatoms. The third kappa shape index (κ3) is 19.3. The molecule has 0 unspecified atom stereocenters. The fraction of sp³-hybridized carbons (Fsp3) is 1.00. The maximum atomic E-state index is 10.4. The summed E-state index contributed by atoms with van der Waals surface area (Å²) in [5, 5.41) is 0. The summed E-state index contributed by atoms with van der Waals surface area (Å²) in [7, 11) is -4.24. The van der Waals surface area contributed by atoms with Gasteiger partial charge in [-0.25, -0.2) is 0 Å². The molecule has 0 aromatic rings.